The molecule has 0 aliphatic carbocycles. The van der Waals surface area contributed by atoms with Crippen molar-refractivity contribution >= 4 is 0 Å². The van der Waals surface area contributed by atoms with Crippen LogP contribution in [0.25, 0.3) is 0 Å². The summed E-state index contributed by atoms with van der Waals surface area (Å²) in [5.74, 6) is 0.503. The number of hydrogen-bond donors (Lipinski definition) is 2. The fourth-order valence-electron chi connectivity index (χ4n) is 2.11. The van der Waals surface area contributed by atoms with E-state index in [1.807, 2.05) is 13.0 Å². The summed E-state index contributed by atoms with van der Waals surface area (Å²) >= 11 is 0. The number of pyridine rings is 1. The van der Waals surface area contributed by atoms with Crippen molar-refractivity contribution in [2.45, 2.75) is 46.3 Å². The van der Waals surface area contributed by atoms with Crippen LogP contribution in [0.4, 0.5) is 0 Å². The molecule has 0 aliphatic heterocycles. The number of nitrogens with one attached hydrogen (secondary N) is 1. The van der Waals surface area contributed by atoms with Crippen LogP contribution in [0, 0.1) is 12.8 Å². The normalized spacial score (nSPS) is 14.9. The molecule has 1 rings (SSSR count). The molecule has 0 radical (unpaired) electrons. The van der Waals surface area contributed by atoms with Crippen LogP contribution in [-0.4, -0.2) is 22.2 Å². The molecular formula is C14H24N2O. The minimum absolute atomic E-state index is 0.503. The molecule has 0 aliphatic rings. The van der Waals surface area contributed by atoms with Crippen molar-refractivity contribution in [3.8, 4) is 0 Å². The number of aromatic nitrogens is 1. The molecule has 1 aromatic rings. The summed E-state index contributed by atoms with van der Waals surface area (Å²) in [7, 11) is 0. The molecule has 1 unspecified atom stereocenters. The van der Waals surface area contributed by atoms with E-state index in [-0.39, 0.29) is 0 Å². The zero-order valence-electron chi connectivity index (χ0n) is 11.3. The molecule has 0 saturated carbocycles. The number of rotatable bonds is 6. The highest BCUT2D eigenvalue weighted by Gasteiger charge is 2.21. The molecule has 0 saturated heterocycles. The smallest absolute Gasteiger partial charge is 0.0746 e. The third-order valence-electron chi connectivity index (χ3n) is 2.76. The molecule has 1 atom stereocenters. The van der Waals surface area contributed by atoms with E-state index in [0.717, 1.165) is 12.1 Å². The maximum Gasteiger partial charge on any atom is 0.0746 e. The predicted molar refractivity (Wildman–Crippen MR) is 70.8 cm³/mol. The third-order valence-corrected chi connectivity index (χ3v) is 2.76. The lowest BCUT2D eigenvalue weighted by molar-refractivity contribution is 0.0382. The summed E-state index contributed by atoms with van der Waals surface area (Å²) in [6, 6.07) is 3.99. The van der Waals surface area contributed by atoms with Crippen LogP contribution in [0.3, 0.4) is 0 Å². The summed E-state index contributed by atoms with van der Waals surface area (Å²) < 4.78 is 0. The second-order valence-corrected chi connectivity index (χ2v) is 5.47. The summed E-state index contributed by atoms with van der Waals surface area (Å²) in [5.41, 5.74) is 1.59. The molecule has 0 aromatic carbocycles. The van der Waals surface area contributed by atoms with Gasteiger partial charge in [-0.3, -0.25) is 4.98 Å². The lowest BCUT2D eigenvalue weighted by Gasteiger charge is -2.25. The Bertz CT molecular complexity index is 348. The lowest BCUT2D eigenvalue weighted by Crippen LogP contribution is -2.38. The SMILES string of the molecule is Cc1cccnc1CNCC(C)(O)CC(C)C. The van der Waals surface area contributed by atoms with Crippen molar-refractivity contribution in [2.75, 3.05) is 6.54 Å². The summed E-state index contributed by atoms with van der Waals surface area (Å²) in [6.45, 7) is 9.48. The van der Waals surface area contributed by atoms with Gasteiger partial charge in [0.15, 0.2) is 0 Å². The van der Waals surface area contributed by atoms with Gasteiger partial charge in [0, 0.05) is 19.3 Å². The first kappa shape index (κ1) is 14.1. The first-order valence-corrected chi connectivity index (χ1v) is 6.24. The van der Waals surface area contributed by atoms with Gasteiger partial charge in [0.1, 0.15) is 0 Å². The maximum atomic E-state index is 10.1. The van der Waals surface area contributed by atoms with Gasteiger partial charge in [-0.2, -0.15) is 0 Å². The average Bonchev–Trinajstić information content (AvgIpc) is 2.18. The molecule has 0 spiro atoms. The zero-order valence-corrected chi connectivity index (χ0v) is 11.3. The van der Waals surface area contributed by atoms with Crippen LogP contribution in [0.2, 0.25) is 0 Å². The maximum absolute atomic E-state index is 10.1. The highest BCUT2D eigenvalue weighted by atomic mass is 16.3. The van der Waals surface area contributed by atoms with Gasteiger partial charge in [-0.05, 0) is 37.8 Å². The van der Waals surface area contributed by atoms with Crippen LogP contribution < -0.4 is 5.32 Å². The monoisotopic (exact) mass is 236 g/mol. The van der Waals surface area contributed by atoms with Gasteiger partial charge >= 0.3 is 0 Å². The molecule has 96 valence electrons. The van der Waals surface area contributed by atoms with Crippen molar-refractivity contribution in [1.82, 2.24) is 10.3 Å². The van der Waals surface area contributed by atoms with E-state index in [0.29, 0.717) is 19.0 Å². The molecule has 0 fully saturated rings. The van der Waals surface area contributed by atoms with Crippen LogP contribution in [0.15, 0.2) is 18.3 Å². The number of aliphatic hydroxyl groups is 1. The standard InChI is InChI=1S/C14H24N2O/c1-11(2)8-14(4,17)10-15-9-13-12(3)6-5-7-16-13/h5-7,11,15,17H,8-10H2,1-4H3. The van der Waals surface area contributed by atoms with Gasteiger partial charge in [-0.15, -0.1) is 0 Å². The Balaban J connectivity index is 2.40. The first-order chi connectivity index (χ1) is 7.91. The van der Waals surface area contributed by atoms with Gasteiger partial charge in [0.25, 0.3) is 0 Å². The van der Waals surface area contributed by atoms with Crippen LogP contribution >= 0.6 is 0 Å². The van der Waals surface area contributed by atoms with E-state index < -0.39 is 5.60 Å². The summed E-state index contributed by atoms with van der Waals surface area (Å²) in [4.78, 5) is 4.31. The largest absolute Gasteiger partial charge is 0.389 e. The third kappa shape index (κ3) is 5.29. The van der Waals surface area contributed by atoms with Gasteiger partial charge in [-0.25, -0.2) is 0 Å². The molecule has 17 heavy (non-hydrogen) atoms. The van der Waals surface area contributed by atoms with E-state index in [4.69, 9.17) is 0 Å². The van der Waals surface area contributed by atoms with Gasteiger partial charge in [-0.1, -0.05) is 19.9 Å². The van der Waals surface area contributed by atoms with Crippen LogP contribution in [-0.2, 0) is 6.54 Å². The molecule has 3 heteroatoms. The first-order valence-electron chi connectivity index (χ1n) is 6.24. The van der Waals surface area contributed by atoms with Crippen molar-refractivity contribution in [1.29, 1.82) is 0 Å². The number of aryl methyl sites for hydroxylation is 1. The summed E-state index contributed by atoms with van der Waals surface area (Å²) in [5, 5.41) is 13.4. The molecule has 0 amide bonds. The zero-order chi connectivity index (χ0) is 12.9. The van der Waals surface area contributed by atoms with Crippen LogP contribution in [0.1, 0.15) is 38.4 Å². The van der Waals surface area contributed by atoms with E-state index in [9.17, 15) is 5.11 Å². The minimum Gasteiger partial charge on any atom is -0.389 e. The fraction of sp³-hybridized carbons (Fsp3) is 0.643. The molecule has 1 aromatic heterocycles. The highest BCUT2D eigenvalue weighted by Crippen LogP contribution is 2.15. The van der Waals surface area contributed by atoms with E-state index in [1.165, 1.54) is 5.56 Å². The van der Waals surface area contributed by atoms with Crippen molar-refractivity contribution in [3.63, 3.8) is 0 Å². The number of hydrogen-bond acceptors (Lipinski definition) is 3. The Morgan fingerprint density at radius 1 is 1.47 bits per heavy atom. The quantitative estimate of drug-likeness (QED) is 0.796. The Labute approximate surface area is 104 Å². The van der Waals surface area contributed by atoms with Crippen molar-refractivity contribution in [3.05, 3.63) is 29.6 Å². The highest BCUT2D eigenvalue weighted by molar-refractivity contribution is 5.17. The van der Waals surface area contributed by atoms with Gasteiger partial charge in [0.05, 0.1) is 11.3 Å². The van der Waals surface area contributed by atoms with E-state index in [1.54, 1.807) is 6.20 Å². The Kier molecular flexibility index (Phi) is 5.09. The second kappa shape index (κ2) is 6.12. The van der Waals surface area contributed by atoms with E-state index in [2.05, 4.69) is 37.1 Å². The molecule has 1 heterocycles. The minimum atomic E-state index is -0.642. The average molecular weight is 236 g/mol. The molecule has 3 nitrogen and oxygen atoms in total. The Morgan fingerprint density at radius 3 is 2.76 bits per heavy atom. The predicted octanol–water partition coefficient (Wildman–Crippen LogP) is 2.28. The molecule has 2 N–H and O–H groups in total. The fourth-order valence-corrected chi connectivity index (χ4v) is 2.11. The Hall–Kier alpha value is -0.930. The lowest BCUT2D eigenvalue weighted by atomic mass is 9.94. The van der Waals surface area contributed by atoms with Gasteiger partial charge in [0.2, 0.25) is 0 Å². The number of nitrogens with zero attached hydrogens (tertiary/aromatic N) is 1. The van der Waals surface area contributed by atoms with Gasteiger partial charge < -0.3 is 10.4 Å². The van der Waals surface area contributed by atoms with E-state index >= 15 is 0 Å². The molecular weight excluding hydrogens is 212 g/mol. The topological polar surface area (TPSA) is 45.2 Å². The second-order valence-electron chi connectivity index (χ2n) is 5.47. The Morgan fingerprint density at radius 2 is 2.18 bits per heavy atom. The summed E-state index contributed by atoms with van der Waals surface area (Å²) in [6.07, 6.45) is 2.61. The van der Waals surface area contributed by atoms with Crippen molar-refractivity contribution < 1.29 is 5.11 Å². The molecule has 0 bridgehead atoms. The van der Waals surface area contributed by atoms with Crippen LogP contribution in [0.5, 0.6) is 0 Å². The van der Waals surface area contributed by atoms with Crippen molar-refractivity contribution in [2.24, 2.45) is 5.92 Å².